The number of phosphoric acid groups is 2. The van der Waals surface area contributed by atoms with Crippen molar-refractivity contribution in [3.8, 4) is 0 Å². The Bertz CT molecular complexity index is 1690. The number of aromatic nitrogens is 4. The van der Waals surface area contributed by atoms with Gasteiger partial charge in [-0.3, -0.25) is 37.3 Å². The zero-order valence-corrected chi connectivity index (χ0v) is 23.7. The number of carbonyl (C=O) groups is 1. The lowest BCUT2D eigenvalue weighted by Gasteiger charge is -2.26. The van der Waals surface area contributed by atoms with E-state index in [9.17, 15) is 28.8 Å². The van der Waals surface area contributed by atoms with Gasteiger partial charge in [0.2, 0.25) is 0 Å². The van der Waals surface area contributed by atoms with Crippen molar-refractivity contribution in [1.29, 1.82) is 0 Å². The van der Waals surface area contributed by atoms with Crippen molar-refractivity contribution in [2.75, 3.05) is 18.9 Å². The Balaban J connectivity index is 1.17. The van der Waals surface area contributed by atoms with E-state index in [1.165, 1.54) is 10.9 Å². The largest absolute Gasteiger partial charge is 0.472 e. The molecule has 0 radical (unpaired) electrons. The van der Waals surface area contributed by atoms with Crippen LogP contribution >= 0.6 is 15.6 Å². The smallest absolute Gasteiger partial charge is 0.387 e. The number of amides is 1. The fraction of sp³-hybridized carbons (Fsp3) is 0.550. The van der Waals surface area contributed by atoms with Gasteiger partial charge in [-0.05, 0) is 0 Å². The van der Waals surface area contributed by atoms with Crippen LogP contribution in [0.3, 0.4) is 0 Å². The molecule has 5 aliphatic rings. The first kappa shape index (κ1) is 29.6. The van der Waals surface area contributed by atoms with Crippen LogP contribution in [-0.4, -0.2) is 126 Å². The number of carbonyl (C=O) groups excluding carboxylic acids is 1. The number of amidine groups is 1. The molecule has 7 heterocycles. The number of aliphatic hydroxyl groups excluding tert-OH is 1. The Morgan fingerprint density at radius 3 is 2.48 bits per heavy atom. The van der Waals surface area contributed by atoms with Crippen molar-refractivity contribution >= 4 is 57.0 Å². The molecule has 11 atom stereocenters. The summed E-state index contributed by atoms with van der Waals surface area (Å²) >= 11 is 0. The summed E-state index contributed by atoms with van der Waals surface area (Å²) in [5.41, 5.74) is 6.10. The van der Waals surface area contributed by atoms with E-state index in [0.29, 0.717) is 0 Å². The van der Waals surface area contributed by atoms with Crippen LogP contribution in [-0.2, 0) is 41.5 Å². The third-order valence-corrected chi connectivity index (χ3v) is 9.26. The number of nitrogen functional groups attached to an aromatic ring is 1. The highest BCUT2D eigenvalue weighted by atomic mass is 31.2. The van der Waals surface area contributed by atoms with E-state index in [1.807, 2.05) is 0 Å². The van der Waals surface area contributed by atoms with Crippen LogP contribution in [0.5, 0.6) is 0 Å². The summed E-state index contributed by atoms with van der Waals surface area (Å²) in [4.78, 5) is 57.7. The van der Waals surface area contributed by atoms with Crippen molar-refractivity contribution < 1.29 is 60.8 Å². The van der Waals surface area contributed by atoms with Gasteiger partial charge in [-0.15, -0.1) is 0 Å². The molecule has 5 aliphatic heterocycles. The van der Waals surface area contributed by atoms with Gasteiger partial charge in [0.1, 0.15) is 54.5 Å². The number of ether oxygens (including phenoxy) is 2. The van der Waals surface area contributed by atoms with Gasteiger partial charge in [-0.2, -0.15) is 4.99 Å². The molecule has 7 rings (SSSR count). The summed E-state index contributed by atoms with van der Waals surface area (Å²) in [6.07, 6.45) is -9.23. The van der Waals surface area contributed by atoms with E-state index in [1.54, 1.807) is 0 Å². The number of hydrogen-bond donors (Lipinski definition) is 4. The van der Waals surface area contributed by atoms with E-state index >= 15 is 4.39 Å². The minimum absolute atomic E-state index is 0.0166. The average Bonchev–Trinajstić information content (AvgIpc) is 3.73. The number of imidazole rings is 1. The lowest BCUT2D eigenvalue weighted by Crippen LogP contribution is -2.47. The van der Waals surface area contributed by atoms with Crippen LogP contribution < -0.4 is 5.73 Å². The van der Waals surface area contributed by atoms with Crippen LogP contribution in [0.2, 0.25) is 0 Å². The Hall–Kier alpha value is -3.14. The second-order valence-electron chi connectivity index (χ2n) is 9.96. The molecule has 1 amide bonds. The van der Waals surface area contributed by atoms with Gasteiger partial charge >= 0.3 is 15.6 Å². The van der Waals surface area contributed by atoms with Crippen molar-refractivity contribution in [3.63, 3.8) is 0 Å². The molecule has 0 saturated carbocycles. The summed E-state index contributed by atoms with van der Waals surface area (Å²) < 4.78 is 75.2. The molecule has 3 saturated heterocycles. The maximum absolute atomic E-state index is 15.8. The summed E-state index contributed by atoms with van der Waals surface area (Å²) in [5, 5.41) is 11.0. The molecule has 24 heteroatoms. The number of halogens is 1. The first-order valence-corrected chi connectivity index (χ1v) is 15.7. The fourth-order valence-electron chi connectivity index (χ4n) is 5.26. The lowest BCUT2D eigenvalue weighted by molar-refractivity contribution is -0.117. The lowest BCUT2D eigenvalue weighted by atomic mass is 10.1. The number of nitrogens with zero attached hydrogens (tertiary/aromatic N) is 8. The molecule has 3 unspecified atom stereocenters. The minimum atomic E-state index is -5.13. The second-order valence-corrected chi connectivity index (χ2v) is 12.8. The quantitative estimate of drug-likeness (QED) is 0.264. The number of nitrogens with two attached hydrogens (primary N) is 1. The third kappa shape index (κ3) is 5.07. The monoisotopic (exact) mass is 661 g/mol. The SMILES string of the molecule is Nc1ncnc2c1ncn2[C@@H]1O[C@@H]2COP(=O)(O)O[C@H]3[C@@H](F)[C@H](N4C=NC5C(=O)N=CN=C54)O[C@@H]3COP(=O)(O)O[C@@H]1[C@@H]2O. The third-order valence-electron chi connectivity index (χ3n) is 7.29. The number of hydrogen-bond acceptors (Lipinski definition) is 17. The van der Waals surface area contributed by atoms with Gasteiger partial charge in [0.15, 0.2) is 36.1 Å². The standard InChI is InChI=1S/C20H22FN9O12P2/c21-9-13-8(40-19(9)29-6-28-11-17(29)25-4-26-18(11)32)2-38-44(35,36)42-14-12(31)7(1-37-43(33,34)41-13)39-20(14)30-5-27-10-15(22)23-3-24-16(10)30/h3-9,11-14,19-20,31H,1-2H2,(H,33,34)(H,35,36)(H2,22,23,24)/t7-,8-,9-,11?,12-,13-,14-,19-,20-/m1/s1. The highest BCUT2D eigenvalue weighted by Gasteiger charge is 2.56. The molecular weight excluding hydrogens is 639 g/mol. The molecule has 236 valence electrons. The van der Waals surface area contributed by atoms with Crippen LogP contribution in [0, 0.1) is 0 Å². The molecule has 0 spiro atoms. The van der Waals surface area contributed by atoms with Crippen LogP contribution in [0.1, 0.15) is 6.23 Å². The summed E-state index contributed by atoms with van der Waals surface area (Å²) in [7, 11) is -10.2. The number of rotatable bonds is 2. The van der Waals surface area contributed by atoms with Crippen molar-refractivity contribution in [3.05, 3.63) is 12.7 Å². The molecule has 0 aliphatic carbocycles. The van der Waals surface area contributed by atoms with Gasteiger partial charge in [-0.1, -0.05) is 0 Å². The zero-order valence-electron chi connectivity index (χ0n) is 21.9. The van der Waals surface area contributed by atoms with Gasteiger partial charge < -0.3 is 30.1 Å². The van der Waals surface area contributed by atoms with Crippen molar-refractivity contribution in [2.24, 2.45) is 15.0 Å². The number of aliphatic hydroxyl groups is 1. The molecular formula is C20H22FN9O12P2. The fourth-order valence-corrected chi connectivity index (χ4v) is 7.15. The number of phosphoric ester groups is 2. The molecule has 44 heavy (non-hydrogen) atoms. The average molecular weight is 661 g/mol. The molecule has 3 fully saturated rings. The van der Waals surface area contributed by atoms with Gasteiger partial charge in [0.25, 0.3) is 5.91 Å². The Morgan fingerprint density at radius 2 is 1.70 bits per heavy atom. The number of aliphatic imine (C=N–C) groups is 3. The molecule has 2 aromatic rings. The zero-order chi connectivity index (χ0) is 31.0. The number of alkyl halides is 1. The van der Waals surface area contributed by atoms with Crippen LogP contribution in [0.15, 0.2) is 27.6 Å². The van der Waals surface area contributed by atoms with Crippen molar-refractivity contribution in [1.82, 2.24) is 24.4 Å². The molecule has 0 aromatic carbocycles. The Kier molecular flexibility index (Phi) is 7.22. The topological polar surface area (TPSA) is 277 Å². The first-order chi connectivity index (χ1) is 20.9. The minimum Gasteiger partial charge on any atom is -0.387 e. The second kappa shape index (κ2) is 10.7. The number of fused-ring (bicyclic) bond motifs is 5. The van der Waals surface area contributed by atoms with E-state index in [0.717, 1.165) is 23.9 Å². The van der Waals surface area contributed by atoms with E-state index in [-0.39, 0.29) is 22.8 Å². The van der Waals surface area contributed by atoms with E-state index in [2.05, 4.69) is 29.9 Å². The Labute approximate surface area is 244 Å². The molecule has 21 nitrogen and oxygen atoms in total. The van der Waals surface area contributed by atoms with Gasteiger partial charge in [0, 0.05) is 0 Å². The highest BCUT2D eigenvalue weighted by molar-refractivity contribution is 7.47. The predicted molar refractivity (Wildman–Crippen MR) is 140 cm³/mol. The molecule has 2 aromatic heterocycles. The van der Waals surface area contributed by atoms with Crippen LogP contribution in [0.4, 0.5) is 10.2 Å². The van der Waals surface area contributed by atoms with Gasteiger partial charge in [-0.25, -0.2) is 33.5 Å². The number of anilines is 1. The highest BCUT2D eigenvalue weighted by Crippen LogP contribution is 2.53. The maximum atomic E-state index is 15.8. The van der Waals surface area contributed by atoms with E-state index in [4.69, 9.17) is 33.3 Å². The summed E-state index contributed by atoms with van der Waals surface area (Å²) in [6.45, 7) is -1.73. The summed E-state index contributed by atoms with van der Waals surface area (Å²) in [5.74, 6) is -0.671. The normalized spacial score (nSPS) is 42.5. The first-order valence-electron chi connectivity index (χ1n) is 12.8. The molecule has 5 N–H and O–H groups in total. The predicted octanol–water partition coefficient (Wildman–Crippen LogP) is -1.57. The van der Waals surface area contributed by atoms with Crippen LogP contribution in [0.25, 0.3) is 11.2 Å². The van der Waals surface area contributed by atoms with Gasteiger partial charge in [0.05, 0.1) is 25.9 Å². The maximum Gasteiger partial charge on any atom is 0.472 e. The van der Waals surface area contributed by atoms with Crippen molar-refractivity contribution in [2.45, 2.75) is 55.2 Å². The molecule has 2 bridgehead atoms. The Morgan fingerprint density at radius 1 is 1.00 bits per heavy atom. The summed E-state index contributed by atoms with van der Waals surface area (Å²) in [6, 6.07) is -1.15. The van der Waals surface area contributed by atoms with E-state index < -0.39 is 90.0 Å².